The molecular formula is C8H5AgO4. The first-order valence-corrected chi connectivity index (χ1v) is 3.14. The van der Waals surface area contributed by atoms with E-state index in [4.69, 9.17) is 0 Å². The summed E-state index contributed by atoms with van der Waals surface area (Å²) in [6.07, 6.45) is 0. The monoisotopic (exact) mass is 272 g/mol. The Labute approximate surface area is 91.2 Å². The largest absolute Gasteiger partial charge is 1.00 e. The summed E-state index contributed by atoms with van der Waals surface area (Å²) >= 11 is 0. The van der Waals surface area contributed by atoms with Crippen molar-refractivity contribution in [1.29, 1.82) is 0 Å². The molecule has 1 aromatic carbocycles. The van der Waals surface area contributed by atoms with E-state index >= 15 is 0 Å². The van der Waals surface area contributed by atoms with Crippen LogP contribution < -0.4 is 10.2 Å². The molecule has 0 aliphatic rings. The van der Waals surface area contributed by atoms with Crippen molar-refractivity contribution < 1.29 is 43.6 Å². The summed E-state index contributed by atoms with van der Waals surface area (Å²) in [4.78, 5) is 20.6. The number of hydrogen-bond donors (Lipinski definition) is 0. The predicted octanol–water partition coefficient (Wildman–Crippen LogP) is -1.48. The molecule has 0 amide bonds. The number of carboxylic acid groups (broad SMARTS) is 2. The van der Waals surface area contributed by atoms with Crippen LogP contribution in [0.3, 0.4) is 0 Å². The molecule has 0 saturated heterocycles. The van der Waals surface area contributed by atoms with Crippen LogP contribution >= 0.6 is 0 Å². The van der Waals surface area contributed by atoms with E-state index in [0.717, 1.165) is 12.1 Å². The summed E-state index contributed by atoms with van der Waals surface area (Å²) in [5, 5.41) is 20.6. The van der Waals surface area contributed by atoms with Gasteiger partial charge in [0.05, 0.1) is 11.9 Å². The third kappa shape index (κ3) is 2.69. The number of rotatable bonds is 2. The van der Waals surface area contributed by atoms with Crippen LogP contribution in [0.15, 0.2) is 24.3 Å². The molecule has 1 aromatic rings. The van der Waals surface area contributed by atoms with Crippen molar-refractivity contribution in [2.45, 2.75) is 0 Å². The molecule has 5 heteroatoms. The van der Waals surface area contributed by atoms with E-state index in [0.29, 0.717) is 0 Å². The van der Waals surface area contributed by atoms with Crippen LogP contribution in [0.1, 0.15) is 22.1 Å². The third-order valence-electron chi connectivity index (χ3n) is 1.37. The van der Waals surface area contributed by atoms with Gasteiger partial charge >= 0.3 is 23.8 Å². The second-order valence-corrected chi connectivity index (χ2v) is 2.12. The van der Waals surface area contributed by atoms with Gasteiger partial charge in [-0.1, -0.05) is 24.3 Å². The normalized spacial score (nSPS) is 8.62. The molecule has 0 atom stereocenters. The smallest absolute Gasteiger partial charge is 0.545 e. The van der Waals surface area contributed by atoms with Crippen LogP contribution in [0.4, 0.5) is 0 Å². The summed E-state index contributed by atoms with van der Waals surface area (Å²) < 4.78 is 0. The van der Waals surface area contributed by atoms with Crippen LogP contribution in [0.2, 0.25) is 0 Å². The Morgan fingerprint density at radius 3 is 1.54 bits per heavy atom. The molecule has 0 saturated carbocycles. The summed E-state index contributed by atoms with van der Waals surface area (Å²) in [5.41, 5.74) is -0.727. The maximum absolute atomic E-state index is 10.3. The van der Waals surface area contributed by atoms with Crippen LogP contribution in [0, 0.1) is 0 Å². The zero-order chi connectivity index (χ0) is 9.14. The van der Waals surface area contributed by atoms with Crippen molar-refractivity contribution in [3.63, 3.8) is 0 Å². The zero-order valence-electron chi connectivity index (χ0n) is 7.24. The minimum absolute atomic E-state index is 0. The molecule has 0 radical (unpaired) electrons. The van der Waals surface area contributed by atoms with Crippen molar-refractivity contribution in [2.75, 3.05) is 0 Å². The summed E-state index contributed by atoms with van der Waals surface area (Å²) in [5.74, 6) is -3.04. The second-order valence-electron chi connectivity index (χ2n) is 2.12. The topological polar surface area (TPSA) is 80.3 Å². The second kappa shape index (κ2) is 4.81. The van der Waals surface area contributed by atoms with E-state index in [1.54, 1.807) is 0 Å². The zero-order valence-corrected chi connectivity index (χ0v) is 7.73. The maximum atomic E-state index is 10.3. The Morgan fingerprint density at radius 2 is 1.31 bits per heavy atom. The number of aromatic carboxylic acids is 2. The quantitative estimate of drug-likeness (QED) is 0.616. The van der Waals surface area contributed by atoms with Gasteiger partial charge in [-0.2, -0.15) is 0 Å². The molecule has 0 bridgehead atoms. The number of benzene rings is 1. The molecule has 72 valence electrons. The van der Waals surface area contributed by atoms with Gasteiger partial charge in [-0.25, -0.2) is 0 Å². The third-order valence-corrected chi connectivity index (χ3v) is 1.37. The molecule has 13 heavy (non-hydrogen) atoms. The van der Waals surface area contributed by atoms with Crippen LogP contribution in [0.25, 0.3) is 0 Å². The minimum atomic E-state index is -1.52. The molecule has 0 fully saturated rings. The molecule has 0 N–H and O–H groups in total. The molecule has 4 nitrogen and oxygen atoms in total. The van der Waals surface area contributed by atoms with Gasteiger partial charge in [0.15, 0.2) is 0 Å². The number of carboxylic acids is 2. The molecule has 0 spiro atoms. The Balaban J connectivity index is 0. The van der Waals surface area contributed by atoms with Crippen molar-refractivity contribution in [2.24, 2.45) is 0 Å². The first-order valence-electron chi connectivity index (χ1n) is 3.14. The van der Waals surface area contributed by atoms with Gasteiger partial charge in [0.1, 0.15) is 0 Å². The van der Waals surface area contributed by atoms with Gasteiger partial charge in [0, 0.05) is 11.1 Å². The molecule has 0 aliphatic carbocycles. The summed E-state index contributed by atoms with van der Waals surface area (Å²) in [7, 11) is 0. The summed E-state index contributed by atoms with van der Waals surface area (Å²) in [6, 6.07) is 5.14. The van der Waals surface area contributed by atoms with Crippen molar-refractivity contribution in [1.82, 2.24) is 0 Å². The first-order chi connectivity index (χ1) is 5.63. The number of hydrogen-bond acceptors (Lipinski definition) is 4. The van der Waals surface area contributed by atoms with E-state index < -0.39 is 11.9 Å². The van der Waals surface area contributed by atoms with Gasteiger partial charge < -0.3 is 19.8 Å². The molecule has 1 rings (SSSR count). The van der Waals surface area contributed by atoms with E-state index in [2.05, 4.69) is 0 Å². The van der Waals surface area contributed by atoms with E-state index in [1.165, 1.54) is 12.1 Å². The van der Waals surface area contributed by atoms with Gasteiger partial charge in [0.2, 0.25) is 0 Å². The Kier molecular flexibility index (Phi) is 4.41. The van der Waals surface area contributed by atoms with Crippen LogP contribution in [-0.4, -0.2) is 11.9 Å². The fourth-order valence-electron chi connectivity index (χ4n) is 0.839. The fourth-order valence-corrected chi connectivity index (χ4v) is 0.839. The van der Waals surface area contributed by atoms with Crippen molar-refractivity contribution in [3.8, 4) is 0 Å². The summed E-state index contributed by atoms with van der Waals surface area (Å²) in [6.45, 7) is 0. The van der Waals surface area contributed by atoms with Gasteiger partial charge in [0.25, 0.3) is 0 Å². The SMILES string of the molecule is O=C([O-])c1ccccc1C(=O)[O-].[Ag+].[H+]. The molecule has 0 heterocycles. The van der Waals surface area contributed by atoms with Crippen LogP contribution in [-0.2, 0) is 22.4 Å². The standard InChI is InChI=1S/C8H6O4.Ag/c9-7(10)5-3-1-2-4-6(5)8(11)12;/h1-4H,(H,9,10)(H,11,12);/q;+1/p-1. The van der Waals surface area contributed by atoms with Crippen molar-refractivity contribution in [3.05, 3.63) is 35.4 Å². The average molecular weight is 273 g/mol. The minimum Gasteiger partial charge on any atom is -0.545 e. The van der Waals surface area contributed by atoms with E-state index in [-0.39, 0.29) is 34.9 Å². The molecule has 0 aromatic heterocycles. The first kappa shape index (κ1) is 11.9. The fraction of sp³-hybridized carbons (Fsp3) is 0. The van der Waals surface area contributed by atoms with Gasteiger partial charge in [-0.15, -0.1) is 0 Å². The Morgan fingerprint density at radius 1 is 1.00 bits per heavy atom. The Hall–Kier alpha value is -1.10. The van der Waals surface area contributed by atoms with Crippen molar-refractivity contribution >= 4 is 11.9 Å². The number of carbonyl (C=O) groups is 2. The molecular weight excluding hydrogens is 268 g/mol. The molecule has 0 unspecified atom stereocenters. The van der Waals surface area contributed by atoms with Gasteiger partial charge in [-0.3, -0.25) is 0 Å². The Bertz CT molecular complexity index is 307. The van der Waals surface area contributed by atoms with Crippen LogP contribution in [0.5, 0.6) is 0 Å². The van der Waals surface area contributed by atoms with E-state index in [9.17, 15) is 19.8 Å². The van der Waals surface area contributed by atoms with Gasteiger partial charge in [-0.05, 0) is 0 Å². The molecule has 0 aliphatic heterocycles. The average Bonchev–Trinajstić information content (AvgIpc) is 2.04. The van der Waals surface area contributed by atoms with E-state index in [1.807, 2.05) is 0 Å². The maximum Gasteiger partial charge on any atom is 1.00 e. The number of carbonyl (C=O) groups excluding carboxylic acids is 2. The predicted molar refractivity (Wildman–Crippen MR) is 36.2 cm³/mol.